The number of anilines is 1. The van der Waals surface area contributed by atoms with Crippen LogP contribution < -0.4 is 14.8 Å². The van der Waals surface area contributed by atoms with Crippen LogP contribution in [0.15, 0.2) is 41.3 Å². The second kappa shape index (κ2) is 12.1. The van der Waals surface area contributed by atoms with E-state index in [1.165, 1.54) is 28.4 Å². The fourth-order valence-corrected chi connectivity index (χ4v) is 7.63. The first-order valence-electron chi connectivity index (χ1n) is 13.4. The molecule has 1 unspecified atom stereocenters. The minimum atomic E-state index is -3.79. The predicted molar refractivity (Wildman–Crippen MR) is 151 cm³/mol. The van der Waals surface area contributed by atoms with Gasteiger partial charge in [0.15, 0.2) is 5.13 Å². The Balaban J connectivity index is 1.30. The zero-order valence-corrected chi connectivity index (χ0v) is 23.8. The van der Waals surface area contributed by atoms with Crippen molar-refractivity contribution < 1.29 is 27.9 Å². The summed E-state index contributed by atoms with van der Waals surface area (Å²) in [6.45, 7) is 0.579. The van der Waals surface area contributed by atoms with E-state index in [4.69, 9.17) is 9.84 Å². The van der Waals surface area contributed by atoms with Crippen LogP contribution in [0.1, 0.15) is 56.4 Å². The van der Waals surface area contributed by atoms with E-state index in [2.05, 4.69) is 20.0 Å². The number of piperidine rings is 1. The van der Waals surface area contributed by atoms with E-state index >= 15 is 0 Å². The number of pyridine rings is 1. The van der Waals surface area contributed by atoms with Crippen molar-refractivity contribution in [2.24, 2.45) is 5.92 Å². The summed E-state index contributed by atoms with van der Waals surface area (Å²) in [5.41, 5.74) is 1.42. The number of thiazole rings is 1. The van der Waals surface area contributed by atoms with Crippen molar-refractivity contribution in [3.05, 3.63) is 42.0 Å². The third-order valence-corrected chi connectivity index (χ3v) is 10.1. The number of benzene rings is 1. The molecule has 3 heterocycles. The Bertz CT molecular complexity index is 1460. The van der Waals surface area contributed by atoms with Gasteiger partial charge in [0.05, 0.1) is 17.9 Å². The second-order valence-corrected chi connectivity index (χ2v) is 13.1. The van der Waals surface area contributed by atoms with Crippen LogP contribution >= 0.6 is 11.3 Å². The number of hydrogen-bond acceptors (Lipinski definition) is 8. The van der Waals surface area contributed by atoms with Gasteiger partial charge in [0, 0.05) is 25.2 Å². The maximum absolute atomic E-state index is 13.6. The number of ether oxygens (including phenoxy) is 1. The van der Waals surface area contributed by atoms with Gasteiger partial charge in [-0.2, -0.15) is 0 Å². The van der Waals surface area contributed by atoms with Gasteiger partial charge in [0.25, 0.3) is 0 Å². The quantitative estimate of drug-likeness (QED) is 0.333. The number of carbonyl (C=O) groups is 2. The molecule has 1 aliphatic carbocycles. The highest BCUT2D eigenvalue weighted by atomic mass is 32.2. The molecule has 0 spiro atoms. The molecule has 2 aromatic heterocycles. The minimum Gasteiger partial charge on any atom is -0.481 e. The average molecular weight is 588 g/mol. The molecule has 3 N–H and O–H groups in total. The monoisotopic (exact) mass is 587 g/mol. The van der Waals surface area contributed by atoms with Crippen LogP contribution in [0.4, 0.5) is 9.93 Å². The van der Waals surface area contributed by atoms with Gasteiger partial charge in [0.1, 0.15) is 10.3 Å². The fraction of sp³-hybridized carbons (Fsp3) is 0.481. The lowest BCUT2D eigenvalue weighted by molar-refractivity contribution is -0.118. The van der Waals surface area contributed by atoms with Gasteiger partial charge in [-0.1, -0.05) is 49.2 Å². The molecule has 11 nitrogen and oxygen atoms in total. The highest BCUT2D eigenvalue weighted by molar-refractivity contribution is 7.89. The Morgan fingerprint density at radius 1 is 1.07 bits per heavy atom. The molecule has 1 aromatic carbocycles. The van der Waals surface area contributed by atoms with Gasteiger partial charge in [-0.3, -0.25) is 4.79 Å². The standard InChI is InChI=1S/C27H33N5O6S2/c1-38-23-11-10-22-25(29-23)39-26(28-22)30-24(33)21(16-17-4-2-3-5-17)18-6-8-20(9-7-18)40(36,37)31-19-12-14-32(15-13-19)27(34)35/h6-11,17,19,21,31H,2-5,12-16H2,1H3,(H,34,35)(H,28,30,33). The van der Waals surface area contributed by atoms with Crippen LogP contribution in [0.2, 0.25) is 0 Å². The SMILES string of the molecule is COc1ccc2nc(NC(=O)C(CC3CCCC3)c3ccc(S(=O)(=O)NC4CCN(C(=O)O)CC4)cc3)sc2n1. The number of fused-ring (bicyclic) bond motifs is 1. The summed E-state index contributed by atoms with van der Waals surface area (Å²) in [7, 11) is -2.25. The molecular formula is C27H33N5O6S2. The largest absolute Gasteiger partial charge is 0.481 e. The van der Waals surface area contributed by atoms with Crippen LogP contribution in [-0.2, 0) is 14.8 Å². The fourth-order valence-electron chi connectivity index (χ4n) is 5.49. The van der Waals surface area contributed by atoms with Crippen molar-refractivity contribution in [1.82, 2.24) is 19.6 Å². The number of carbonyl (C=O) groups excluding carboxylic acids is 1. The van der Waals surface area contributed by atoms with Crippen molar-refractivity contribution in [3.63, 3.8) is 0 Å². The minimum absolute atomic E-state index is 0.114. The number of likely N-dealkylation sites (tertiary alicyclic amines) is 1. The zero-order chi connectivity index (χ0) is 28.3. The Morgan fingerprint density at radius 3 is 2.42 bits per heavy atom. The van der Waals surface area contributed by atoms with Crippen LogP contribution in [0.25, 0.3) is 10.3 Å². The van der Waals surface area contributed by atoms with Gasteiger partial charge in [0.2, 0.25) is 21.8 Å². The smallest absolute Gasteiger partial charge is 0.407 e. The van der Waals surface area contributed by atoms with Gasteiger partial charge in [-0.25, -0.2) is 27.9 Å². The summed E-state index contributed by atoms with van der Waals surface area (Å²) >= 11 is 1.28. The third kappa shape index (κ3) is 6.53. The molecule has 40 heavy (non-hydrogen) atoms. The van der Waals surface area contributed by atoms with Crippen LogP contribution in [0.3, 0.4) is 0 Å². The second-order valence-electron chi connectivity index (χ2n) is 10.4. The molecule has 5 rings (SSSR count). The molecule has 2 aliphatic rings. The summed E-state index contributed by atoms with van der Waals surface area (Å²) < 4.78 is 34.0. The first-order chi connectivity index (χ1) is 19.2. The number of hydrogen-bond donors (Lipinski definition) is 3. The molecule has 1 aliphatic heterocycles. The summed E-state index contributed by atoms with van der Waals surface area (Å²) in [6, 6.07) is 9.69. The van der Waals surface area contributed by atoms with Crippen LogP contribution in [0.5, 0.6) is 5.88 Å². The van der Waals surface area contributed by atoms with Crippen LogP contribution in [-0.4, -0.2) is 66.6 Å². The predicted octanol–water partition coefficient (Wildman–Crippen LogP) is 4.42. The van der Waals surface area contributed by atoms with E-state index in [1.54, 1.807) is 31.4 Å². The number of nitrogens with one attached hydrogen (secondary N) is 2. The van der Waals surface area contributed by atoms with Crippen molar-refractivity contribution in [3.8, 4) is 5.88 Å². The molecule has 3 aromatic rings. The maximum atomic E-state index is 13.6. The Hall–Kier alpha value is -3.29. The molecule has 0 bridgehead atoms. The van der Waals surface area contributed by atoms with E-state index in [1.807, 2.05) is 0 Å². The lowest BCUT2D eigenvalue weighted by Gasteiger charge is -2.30. The third-order valence-electron chi connectivity index (χ3n) is 7.71. The van der Waals surface area contributed by atoms with E-state index in [9.17, 15) is 18.0 Å². The zero-order valence-electron chi connectivity index (χ0n) is 22.2. The van der Waals surface area contributed by atoms with Gasteiger partial charge >= 0.3 is 6.09 Å². The first-order valence-corrected chi connectivity index (χ1v) is 15.7. The Morgan fingerprint density at radius 2 is 1.77 bits per heavy atom. The van der Waals surface area contributed by atoms with E-state index < -0.39 is 22.0 Å². The average Bonchev–Trinajstić information content (AvgIpc) is 3.60. The molecule has 2 fully saturated rings. The molecule has 13 heteroatoms. The van der Waals surface area contributed by atoms with Gasteiger partial charge in [-0.15, -0.1) is 0 Å². The number of aromatic nitrogens is 2. The van der Waals surface area contributed by atoms with Crippen molar-refractivity contribution in [2.45, 2.75) is 61.8 Å². The van der Waals surface area contributed by atoms with E-state index in [0.717, 1.165) is 31.2 Å². The maximum Gasteiger partial charge on any atom is 0.407 e. The summed E-state index contributed by atoms with van der Waals surface area (Å²) in [6.07, 6.45) is 4.97. The summed E-state index contributed by atoms with van der Waals surface area (Å²) in [4.78, 5) is 35.6. The highest BCUT2D eigenvalue weighted by Gasteiger charge is 2.29. The van der Waals surface area contributed by atoms with E-state index in [0.29, 0.717) is 46.5 Å². The number of amides is 2. The molecule has 0 radical (unpaired) electrons. The molecule has 1 atom stereocenters. The lowest BCUT2D eigenvalue weighted by Crippen LogP contribution is -2.46. The molecule has 214 valence electrons. The molecule has 1 saturated carbocycles. The summed E-state index contributed by atoms with van der Waals surface area (Å²) in [5, 5.41) is 12.5. The number of rotatable bonds is 9. The van der Waals surface area contributed by atoms with Gasteiger partial charge in [-0.05, 0) is 48.9 Å². The van der Waals surface area contributed by atoms with Crippen LogP contribution in [0, 0.1) is 5.92 Å². The molecular weight excluding hydrogens is 554 g/mol. The lowest BCUT2D eigenvalue weighted by atomic mass is 9.87. The topological polar surface area (TPSA) is 151 Å². The Labute approximate surface area is 237 Å². The number of nitrogens with zero attached hydrogens (tertiary/aromatic N) is 3. The van der Waals surface area contributed by atoms with E-state index in [-0.39, 0.29) is 29.9 Å². The first kappa shape index (κ1) is 28.2. The van der Waals surface area contributed by atoms with Crippen molar-refractivity contribution >= 4 is 48.8 Å². The van der Waals surface area contributed by atoms with Gasteiger partial charge < -0.3 is 20.1 Å². The highest BCUT2D eigenvalue weighted by Crippen LogP contribution is 2.36. The number of methoxy groups -OCH3 is 1. The Kier molecular flexibility index (Phi) is 8.52. The van der Waals surface area contributed by atoms with Crippen molar-refractivity contribution in [2.75, 3.05) is 25.5 Å². The van der Waals surface area contributed by atoms with Crippen molar-refractivity contribution in [1.29, 1.82) is 0 Å². The molecule has 1 saturated heterocycles. The number of sulfonamides is 1. The summed E-state index contributed by atoms with van der Waals surface area (Å²) in [5.74, 6) is 0.265. The molecule has 2 amide bonds. The number of carboxylic acid groups (broad SMARTS) is 1. The normalized spacial score (nSPS) is 17.7.